The lowest BCUT2D eigenvalue weighted by molar-refractivity contribution is -0.138. The van der Waals surface area contributed by atoms with Gasteiger partial charge in [0.1, 0.15) is 0 Å². The number of benzene rings is 1. The molecule has 5 nitrogen and oxygen atoms in total. The van der Waals surface area contributed by atoms with E-state index in [0.717, 1.165) is 10.0 Å². The highest BCUT2D eigenvalue weighted by Crippen LogP contribution is 2.17. The minimum Gasteiger partial charge on any atom is -0.481 e. The van der Waals surface area contributed by atoms with Crippen LogP contribution in [0.1, 0.15) is 25.8 Å². The van der Waals surface area contributed by atoms with Gasteiger partial charge in [-0.25, -0.2) is 4.79 Å². The maximum atomic E-state index is 12.1. The van der Waals surface area contributed by atoms with Crippen LogP contribution in [0.2, 0.25) is 0 Å². The summed E-state index contributed by atoms with van der Waals surface area (Å²) in [5.74, 6) is -0.941. The third kappa shape index (κ3) is 5.21. The van der Waals surface area contributed by atoms with E-state index in [2.05, 4.69) is 21.2 Å². The van der Waals surface area contributed by atoms with Gasteiger partial charge in [0.25, 0.3) is 0 Å². The normalized spacial score (nSPS) is 11.0. The van der Waals surface area contributed by atoms with Crippen molar-refractivity contribution < 1.29 is 14.7 Å². The summed E-state index contributed by atoms with van der Waals surface area (Å²) in [6.07, 6.45) is -0.123. The first-order valence-corrected chi connectivity index (χ1v) is 6.99. The van der Waals surface area contributed by atoms with Gasteiger partial charge in [-0.1, -0.05) is 34.1 Å². The molecule has 0 aliphatic carbocycles. The van der Waals surface area contributed by atoms with Crippen molar-refractivity contribution in [2.45, 2.75) is 32.4 Å². The van der Waals surface area contributed by atoms with E-state index in [1.54, 1.807) is 20.9 Å². The molecule has 0 spiro atoms. The van der Waals surface area contributed by atoms with Crippen LogP contribution in [0.4, 0.5) is 4.79 Å². The number of carboxylic acid groups (broad SMARTS) is 1. The average molecular weight is 343 g/mol. The summed E-state index contributed by atoms with van der Waals surface area (Å²) in [4.78, 5) is 24.3. The van der Waals surface area contributed by atoms with Gasteiger partial charge >= 0.3 is 12.0 Å². The second kappa shape index (κ2) is 6.74. The Hall–Kier alpha value is -1.56. The number of amides is 2. The Kier molecular flexibility index (Phi) is 5.56. The summed E-state index contributed by atoms with van der Waals surface area (Å²) in [6.45, 7) is 3.81. The fourth-order valence-electron chi connectivity index (χ4n) is 1.76. The highest BCUT2D eigenvalue weighted by atomic mass is 79.9. The molecule has 0 unspecified atom stereocenters. The lowest BCUT2D eigenvalue weighted by Gasteiger charge is -2.28. The Morgan fingerprint density at radius 1 is 1.35 bits per heavy atom. The van der Waals surface area contributed by atoms with Crippen molar-refractivity contribution in [2.24, 2.45) is 0 Å². The molecule has 0 saturated carbocycles. The first-order chi connectivity index (χ1) is 9.21. The van der Waals surface area contributed by atoms with Crippen molar-refractivity contribution in [1.82, 2.24) is 10.2 Å². The molecule has 110 valence electrons. The smallest absolute Gasteiger partial charge is 0.317 e. The molecule has 20 heavy (non-hydrogen) atoms. The van der Waals surface area contributed by atoms with Crippen LogP contribution in [0.5, 0.6) is 0 Å². The third-order valence-electron chi connectivity index (χ3n) is 2.75. The topological polar surface area (TPSA) is 69.6 Å². The average Bonchev–Trinajstić information content (AvgIpc) is 2.29. The molecule has 6 heteroatoms. The highest BCUT2D eigenvalue weighted by Gasteiger charge is 2.25. The molecule has 1 aromatic carbocycles. The third-order valence-corrected chi connectivity index (χ3v) is 3.52. The van der Waals surface area contributed by atoms with Crippen molar-refractivity contribution in [1.29, 1.82) is 0 Å². The maximum Gasteiger partial charge on any atom is 0.317 e. The van der Waals surface area contributed by atoms with Gasteiger partial charge in [0.2, 0.25) is 0 Å². The lowest BCUT2D eigenvalue weighted by atomic mass is 10.0. The number of urea groups is 1. The first-order valence-electron chi connectivity index (χ1n) is 6.20. The van der Waals surface area contributed by atoms with Crippen LogP contribution in [0.25, 0.3) is 0 Å². The van der Waals surface area contributed by atoms with E-state index in [1.807, 2.05) is 24.3 Å². The molecule has 0 radical (unpaired) electrons. The SMILES string of the molecule is CN(Cc1ccccc1Br)C(=O)NC(C)(C)CC(=O)O. The fourth-order valence-corrected chi connectivity index (χ4v) is 2.17. The van der Waals surface area contributed by atoms with E-state index in [9.17, 15) is 9.59 Å². The molecular weight excluding hydrogens is 324 g/mol. The molecule has 0 bridgehead atoms. The van der Waals surface area contributed by atoms with Crippen molar-refractivity contribution in [3.8, 4) is 0 Å². The Bertz CT molecular complexity index is 503. The van der Waals surface area contributed by atoms with E-state index < -0.39 is 11.5 Å². The van der Waals surface area contributed by atoms with Crippen molar-refractivity contribution in [3.63, 3.8) is 0 Å². The summed E-state index contributed by atoms with van der Waals surface area (Å²) in [5, 5.41) is 11.5. The van der Waals surface area contributed by atoms with Crippen LogP contribution in [-0.2, 0) is 11.3 Å². The number of nitrogens with zero attached hydrogens (tertiary/aromatic N) is 1. The van der Waals surface area contributed by atoms with Crippen molar-refractivity contribution >= 4 is 27.9 Å². The van der Waals surface area contributed by atoms with Crippen LogP contribution in [-0.4, -0.2) is 34.6 Å². The van der Waals surface area contributed by atoms with Crippen LogP contribution in [0.15, 0.2) is 28.7 Å². The molecular formula is C14H19BrN2O3. The number of hydrogen-bond acceptors (Lipinski definition) is 2. The zero-order valence-electron chi connectivity index (χ0n) is 11.8. The van der Waals surface area contributed by atoms with Gasteiger partial charge in [0, 0.05) is 23.6 Å². The molecule has 0 aromatic heterocycles. The molecule has 0 fully saturated rings. The molecule has 1 rings (SSSR count). The second-order valence-corrected chi connectivity index (χ2v) is 6.19. The van der Waals surface area contributed by atoms with Gasteiger partial charge in [-0.2, -0.15) is 0 Å². The Morgan fingerprint density at radius 2 is 1.95 bits per heavy atom. The van der Waals surface area contributed by atoms with E-state index in [4.69, 9.17) is 5.11 Å². The van der Waals surface area contributed by atoms with Gasteiger partial charge in [-0.3, -0.25) is 4.79 Å². The van der Waals surface area contributed by atoms with Gasteiger partial charge in [0.15, 0.2) is 0 Å². The number of aliphatic carboxylic acids is 1. The van der Waals surface area contributed by atoms with E-state index >= 15 is 0 Å². The van der Waals surface area contributed by atoms with Gasteiger partial charge in [-0.15, -0.1) is 0 Å². The molecule has 1 aromatic rings. The van der Waals surface area contributed by atoms with E-state index in [1.165, 1.54) is 4.90 Å². The Morgan fingerprint density at radius 3 is 2.50 bits per heavy atom. The number of nitrogens with one attached hydrogen (secondary N) is 1. The number of halogens is 1. The second-order valence-electron chi connectivity index (χ2n) is 5.33. The van der Waals surface area contributed by atoms with Gasteiger partial charge in [0.05, 0.1) is 6.42 Å². The summed E-state index contributed by atoms with van der Waals surface area (Å²) < 4.78 is 0.935. The number of carbonyl (C=O) groups is 2. The standard InChI is InChI=1S/C14H19BrN2O3/c1-14(2,8-12(18)19)16-13(20)17(3)9-10-6-4-5-7-11(10)15/h4-7H,8-9H2,1-3H3,(H,16,20)(H,18,19). The highest BCUT2D eigenvalue weighted by molar-refractivity contribution is 9.10. The predicted molar refractivity (Wildman–Crippen MR) is 80.5 cm³/mol. The minimum absolute atomic E-state index is 0.123. The summed E-state index contributed by atoms with van der Waals surface area (Å²) >= 11 is 3.43. The molecule has 0 saturated heterocycles. The molecule has 0 aliphatic heterocycles. The van der Waals surface area contributed by atoms with Gasteiger partial charge in [-0.05, 0) is 25.5 Å². The zero-order chi connectivity index (χ0) is 15.3. The van der Waals surface area contributed by atoms with Gasteiger partial charge < -0.3 is 15.3 Å². The Labute approximate surface area is 127 Å². The lowest BCUT2D eigenvalue weighted by Crippen LogP contribution is -2.49. The monoisotopic (exact) mass is 342 g/mol. The van der Waals surface area contributed by atoms with Crippen molar-refractivity contribution in [3.05, 3.63) is 34.3 Å². The first kappa shape index (κ1) is 16.5. The number of rotatable bonds is 5. The van der Waals surface area contributed by atoms with E-state index in [0.29, 0.717) is 6.54 Å². The zero-order valence-corrected chi connectivity index (χ0v) is 13.4. The van der Waals surface area contributed by atoms with E-state index in [-0.39, 0.29) is 12.5 Å². The molecule has 0 aliphatic rings. The molecule has 2 amide bonds. The molecule has 0 heterocycles. The molecule has 2 N–H and O–H groups in total. The van der Waals surface area contributed by atoms with Crippen LogP contribution < -0.4 is 5.32 Å². The largest absolute Gasteiger partial charge is 0.481 e. The molecule has 0 atom stereocenters. The maximum absolute atomic E-state index is 12.1. The summed E-state index contributed by atoms with van der Waals surface area (Å²) in [7, 11) is 1.67. The summed E-state index contributed by atoms with van der Waals surface area (Å²) in [6, 6.07) is 7.35. The quantitative estimate of drug-likeness (QED) is 0.864. The number of hydrogen-bond donors (Lipinski definition) is 2. The number of carboxylic acids is 1. The predicted octanol–water partition coefficient (Wildman–Crippen LogP) is 2.84. The van der Waals surface area contributed by atoms with Crippen LogP contribution in [0.3, 0.4) is 0 Å². The van der Waals surface area contributed by atoms with Crippen LogP contribution >= 0.6 is 15.9 Å². The minimum atomic E-state index is -0.941. The summed E-state index contributed by atoms with van der Waals surface area (Å²) in [5.41, 5.74) is 0.201. The Balaban J connectivity index is 2.64. The number of carbonyl (C=O) groups excluding carboxylic acids is 1. The fraction of sp³-hybridized carbons (Fsp3) is 0.429. The van der Waals surface area contributed by atoms with Crippen molar-refractivity contribution in [2.75, 3.05) is 7.05 Å². The van der Waals surface area contributed by atoms with Crippen LogP contribution in [0, 0.1) is 0 Å².